The Morgan fingerprint density at radius 2 is 1.62 bits per heavy atom. The zero-order valence-electron chi connectivity index (χ0n) is 13.5. The molecule has 1 saturated heterocycles. The average Bonchev–Trinajstić information content (AvgIpc) is 2.63. The Hall–Kier alpha value is -2.02. The Kier molecular flexibility index (Phi) is 5.55. The van der Waals surface area contributed by atoms with Gasteiger partial charge in [-0.15, -0.1) is 0 Å². The summed E-state index contributed by atoms with van der Waals surface area (Å²) < 4.78 is 0. The lowest BCUT2D eigenvalue weighted by molar-refractivity contribution is -0.384. The second-order valence-corrected chi connectivity index (χ2v) is 7.02. The number of hydrogen-bond donors (Lipinski definition) is 0. The molecule has 0 atom stereocenters. The van der Waals surface area contributed by atoms with Crippen LogP contribution in [0, 0.1) is 10.1 Å². The van der Waals surface area contributed by atoms with Crippen LogP contribution in [0.4, 0.5) is 11.4 Å². The van der Waals surface area contributed by atoms with Gasteiger partial charge in [0.15, 0.2) is 0 Å². The topological polar surface area (TPSA) is 66.7 Å². The largest absolute Gasteiger partial charge is 0.367 e. The Labute approximate surface area is 165 Å². The molecule has 0 aliphatic carbocycles. The van der Waals surface area contributed by atoms with Gasteiger partial charge in [-0.05, 0) is 24.3 Å². The molecule has 0 spiro atoms. The zero-order chi connectivity index (χ0) is 18.8. The molecule has 0 aromatic heterocycles. The number of rotatable bonds is 3. The predicted octanol–water partition coefficient (Wildman–Crippen LogP) is 4.52. The smallest absolute Gasteiger partial charge is 0.271 e. The first-order chi connectivity index (χ1) is 12.4. The maximum atomic E-state index is 12.6. The van der Waals surface area contributed by atoms with Crippen molar-refractivity contribution in [3.8, 4) is 0 Å². The molecule has 9 heteroatoms. The molecule has 0 unspecified atom stereocenters. The minimum atomic E-state index is -0.483. The van der Waals surface area contributed by atoms with Crippen LogP contribution in [0.15, 0.2) is 36.4 Å². The third-order valence-corrected chi connectivity index (χ3v) is 5.26. The number of benzene rings is 2. The van der Waals surface area contributed by atoms with Gasteiger partial charge >= 0.3 is 0 Å². The first-order valence-electron chi connectivity index (χ1n) is 7.80. The summed E-state index contributed by atoms with van der Waals surface area (Å²) in [6.45, 7) is 2.16. The molecule has 0 radical (unpaired) electrons. The van der Waals surface area contributed by atoms with Crippen LogP contribution in [0.25, 0.3) is 0 Å². The van der Waals surface area contributed by atoms with Crippen molar-refractivity contribution < 1.29 is 9.72 Å². The van der Waals surface area contributed by atoms with Gasteiger partial charge in [-0.25, -0.2) is 0 Å². The average molecular weight is 415 g/mol. The van der Waals surface area contributed by atoms with Gasteiger partial charge in [-0.3, -0.25) is 14.9 Å². The van der Waals surface area contributed by atoms with Crippen LogP contribution in [0.3, 0.4) is 0 Å². The van der Waals surface area contributed by atoms with Crippen LogP contribution in [0.5, 0.6) is 0 Å². The van der Waals surface area contributed by atoms with E-state index in [9.17, 15) is 14.9 Å². The number of carbonyl (C=O) groups excluding carboxylic acids is 1. The molecule has 2 aromatic rings. The Morgan fingerprint density at radius 1 is 0.923 bits per heavy atom. The van der Waals surface area contributed by atoms with Crippen molar-refractivity contribution in [3.63, 3.8) is 0 Å². The number of nitrogens with zero attached hydrogens (tertiary/aromatic N) is 3. The van der Waals surface area contributed by atoms with Crippen molar-refractivity contribution in [2.24, 2.45) is 0 Å². The first kappa shape index (κ1) is 18.8. The van der Waals surface area contributed by atoms with E-state index in [2.05, 4.69) is 0 Å². The van der Waals surface area contributed by atoms with Crippen LogP contribution in [-0.2, 0) is 0 Å². The number of non-ortho nitro benzene ring substituents is 1. The highest BCUT2D eigenvalue weighted by atomic mass is 35.5. The fraction of sp³-hybridized carbons (Fsp3) is 0.235. The highest BCUT2D eigenvalue weighted by Crippen LogP contribution is 2.30. The summed E-state index contributed by atoms with van der Waals surface area (Å²) in [7, 11) is 0. The van der Waals surface area contributed by atoms with E-state index in [4.69, 9.17) is 34.8 Å². The van der Waals surface area contributed by atoms with Gasteiger partial charge < -0.3 is 9.80 Å². The number of nitro groups is 1. The second kappa shape index (κ2) is 7.70. The number of carbonyl (C=O) groups is 1. The molecule has 1 amide bonds. The van der Waals surface area contributed by atoms with E-state index in [-0.39, 0.29) is 11.6 Å². The third-order valence-electron chi connectivity index (χ3n) is 4.22. The molecular weight excluding hydrogens is 401 g/mol. The number of halogens is 3. The Bertz CT molecular complexity index is 868. The van der Waals surface area contributed by atoms with E-state index in [1.165, 1.54) is 12.1 Å². The van der Waals surface area contributed by atoms with Crippen molar-refractivity contribution in [2.45, 2.75) is 0 Å². The SMILES string of the molecule is O=C(c1ccc(Cl)c(Cl)c1)N1CCN(c2ccc([N+](=O)[O-])cc2Cl)CC1. The second-order valence-electron chi connectivity index (χ2n) is 5.80. The van der Waals surface area contributed by atoms with E-state index in [1.54, 1.807) is 29.2 Å². The van der Waals surface area contributed by atoms with Crippen LogP contribution in [0.2, 0.25) is 15.1 Å². The third kappa shape index (κ3) is 3.87. The fourth-order valence-electron chi connectivity index (χ4n) is 2.83. The van der Waals surface area contributed by atoms with Gasteiger partial charge in [0.25, 0.3) is 11.6 Å². The zero-order valence-corrected chi connectivity index (χ0v) is 15.8. The normalized spacial score (nSPS) is 14.4. The number of anilines is 1. The molecule has 0 saturated carbocycles. The molecule has 26 heavy (non-hydrogen) atoms. The predicted molar refractivity (Wildman–Crippen MR) is 103 cm³/mol. The van der Waals surface area contributed by atoms with Gasteiger partial charge in [-0.1, -0.05) is 34.8 Å². The maximum Gasteiger partial charge on any atom is 0.271 e. The lowest BCUT2D eigenvalue weighted by Gasteiger charge is -2.36. The van der Waals surface area contributed by atoms with Crippen molar-refractivity contribution in [3.05, 3.63) is 67.1 Å². The summed E-state index contributed by atoms with van der Waals surface area (Å²) in [5.74, 6) is -0.113. The highest BCUT2D eigenvalue weighted by molar-refractivity contribution is 6.42. The highest BCUT2D eigenvalue weighted by Gasteiger charge is 2.24. The van der Waals surface area contributed by atoms with Gasteiger partial charge in [0.1, 0.15) is 0 Å². The lowest BCUT2D eigenvalue weighted by atomic mass is 10.1. The maximum absolute atomic E-state index is 12.6. The summed E-state index contributed by atoms with van der Waals surface area (Å²) in [6.07, 6.45) is 0. The fourth-order valence-corrected chi connectivity index (χ4v) is 3.42. The number of nitro benzene ring substituents is 1. The lowest BCUT2D eigenvalue weighted by Crippen LogP contribution is -2.48. The summed E-state index contributed by atoms with van der Waals surface area (Å²) in [5, 5.41) is 11.9. The summed E-state index contributed by atoms with van der Waals surface area (Å²) >= 11 is 18.0. The molecule has 1 aliphatic rings. The molecule has 3 rings (SSSR count). The quantitative estimate of drug-likeness (QED) is 0.547. The molecule has 136 valence electrons. The molecule has 1 aliphatic heterocycles. The minimum absolute atomic E-state index is 0.0489. The monoisotopic (exact) mass is 413 g/mol. The Balaban J connectivity index is 1.68. The number of amides is 1. The molecule has 0 N–H and O–H groups in total. The molecule has 1 fully saturated rings. The van der Waals surface area contributed by atoms with Crippen molar-refractivity contribution in [1.29, 1.82) is 0 Å². The van der Waals surface area contributed by atoms with Crippen LogP contribution in [-0.4, -0.2) is 41.9 Å². The number of piperazine rings is 1. The van der Waals surface area contributed by atoms with E-state index >= 15 is 0 Å². The molecule has 1 heterocycles. The number of hydrogen-bond acceptors (Lipinski definition) is 4. The van der Waals surface area contributed by atoms with Gasteiger partial charge in [0.05, 0.1) is 25.7 Å². The standard InChI is InChI=1S/C17H14Cl3N3O3/c18-13-3-1-11(9-14(13)19)17(24)22-7-5-21(6-8-22)16-4-2-12(23(25)26)10-15(16)20/h1-4,9-10H,5-8H2. The van der Waals surface area contributed by atoms with Crippen molar-refractivity contribution >= 4 is 52.1 Å². The summed E-state index contributed by atoms with van der Waals surface area (Å²) in [5.41, 5.74) is 1.16. The molecule has 0 bridgehead atoms. The van der Waals surface area contributed by atoms with E-state index < -0.39 is 4.92 Å². The first-order valence-corrected chi connectivity index (χ1v) is 8.93. The van der Waals surface area contributed by atoms with Gasteiger partial charge in [0, 0.05) is 43.9 Å². The van der Waals surface area contributed by atoms with Gasteiger partial charge in [0.2, 0.25) is 0 Å². The van der Waals surface area contributed by atoms with Gasteiger partial charge in [-0.2, -0.15) is 0 Å². The van der Waals surface area contributed by atoms with Crippen LogP contribution in [0.1, 0.15) is 10.4 Å². The van der Waals surface area contributed by atoms with Crippen molar-refractivity contribution in [2.75, 3.05) is 31.1 Å². The van der Waals surface area contributed by atoms with Crippen LogP contribution < -0.4 is 4.90 Å². The summed E-state index contributed by atoms with van der Waals surface area (Å²) in [6, 6.07) is 9.21. The Morgan fingerprint density at radius 3 is 2.19 bits per heavy atom. The molecule has 2 aromatic carbocycles. The van der Waals surface area contributed by atoms with E-state index in [0.29, 0.717) is 46.8 Å². The van der Waals surface area contributed by atoms with Crippen molar-refractivity contribution in [1.82, 2.24) is 4.90 Å². The minimum Gasteiger partial charge on any atom is -0.367 e. The molecular formula is C17H14Cl3N3O3. The van der Waals surface area contributed by atoms with E-state index in [0.717, 1.165) is 5.69 Å². The molecule has 6 nitrogen and oxygen atoms in total. The van der Waals surface area contributed by atoms with E-state index in [1.807, 2.05) is 4.90 Å². The summed E-state index contributed by atoms with van der Waals surface area (Å²) in [4.78, 5) is 26.7. The van der Waals surface area contributed by atoms with Crippen LogP contribution >= 0.6 is 34.8 Å².